The fourth-order valence-electron chi connectivity index (χ4n) is 3.26. The average molecular weight is 415 g/mol. The minimum absolute atomic E-state index is 0.0819. The Hall–Kier alpha value is -3.11. The zero-order valence-electron chi connectivity index (χ0n) is 15.4. The molecule has 0 atom stereocenters. The first-order chi connectivity index (χ1) is 14.0. The van der Waals surface area contributed by atoms with Crippen molar-refractivity contribution >= 4 is 23.6 Å². The van der Waals surface area contributed by atoms with Gasteiger partial charge in [0.15, 0.2) is 0 Å². The van der Waals surface area contributed by atoms with Crippen LogP contribution in [0.15, 0.2) is 52.9 Å². The van der Waals surface area contributed by atoms with Crippen LogP contribution in [0.25, 0.3) is 11.5 Å². The van der Waals surface area contributed by atoms with Crippen LogP contribution in [0.2, 0.25) is 0 Å². The molecule has 1 saturated heterocycles. The molecular formula is C19H18FN5O3S. The summed E-state index contributed by atoms with van der Waals surface area (Å²) >= 11 is 5.24. The quantitative estimate of drug-likeness (QED) is 0.357. The van der Waals surface area contributed by atoms with Crippen LogP contribution in [0.1, 0.15) is 0 Å². The van der Waals surface area contributed by atoms with Gasteiger partial charge in [0.2, 0.25) is 5.89 Å². The molecule has 29 heavy (non-hydrogen) atoms. The van der Waals surface area contributed by atoms with Gasteiger partial charge in [0.1, 0.15) is 5.82 Å². The van der Waals surface area contributed by atoms with Crippen LogP contribution >= 0.6 is 12.2 Å². The molecule has 2 heterocycles. The van der Waals surface area contributed by atoms with E-state index in [-0.39, 0.29) is 22.0 Å². The van der Waals surface area contributed by atoms with Gasteiger partial charge in [0, 0.05) is 44.0 Å². The maximum absolute atomic E-state index is 14.0. The zero-order valence-corrected chi connectivity index (χ0v) is 16.2. The van der Waals surface area contributed by atoms with Crippen molar-refractivity contribution in [1.29, 1.82) is 0 Å². The van der Waals surface area contributed by atoms with E-state index in [1.807, 2.05) is 0 Å². The third kappa shape index (κ3) is 4.17. The third-order valence-electron chi connectivity index (χ3n) is 4.84. The van der Waals surface area contributed by atoms with Crippen molar-refractivity contribution in [3.05, 3.63) is 69.3 Å². The number of nitrogens with zero attached hydrogens (tertiary/aromatic N) is 5. The van der Waals surface area contributed by atoms with Crippen molar-refractivity contribution in [2.45, 2.75) is 6.67 Å². The first-order valence-electron chi connectivity index (χ1n) is 9.06. The van der Waals surface area contributed by atoms with E-state index in [0.29, 0.717) is 6.67 Å². The van der Waals surface area contributed by atoms with Gasteiger partial charge in [-0.2, -0.15) is 0 Å². The Morgan fingerprint density at radius 2 is 1.79 bits per heavy atom. The highest BCUT2D eigenvalue weighted by atomic mass is 32.1. The number of benzene rings is 2. The van der Waals surface area contributed by atoms with Crippen molar-refractivity contribution in [2.75, 3.05) is 31.1 Å². The van der Waals surface area contributed by atoms with Crippen molar-refractivity contribution in [2.24, 2.45) is 0 Å². The van der Waals surface area contributed by atoms with Gasteiger partial charge in [-0.3, -0.25) is 15.0 Å². The number of nitro benzene ring substituents is 1. The van der Waals surface area contributed by atoms with Crippen LogP contribution in [0, 0.1) is 20.8 Å². The summed E-state index contributed by atoms with van der Waals surface area (Å²) in [5, 5.41) is 15.1. The monoisotopic (exact) mass is 415 g/mol. The highest BCUT2D eigenvalue weighted by Gasteiger charge is 2.20. The summed E-state index contributed by atoms with van der Waals surface area (Å²) in [6.07, 6.45) is 0. The molecule has 0 N–H and O–H groups in total. The van der Waals surface area contributed by atoms with E-state index in [9.17, 15) is 14.5 Å². The summed E-state index contributed by atoms with van der Waals surface area (Å²) in [4.78, 5) is 14.9. The summed E-state index contributed by atoms with van der Waals surface area (Å²) < 4.78 is 21.0. The first-order valence-corrected chi connectivity index (χ1v) is 9.47. The van der Waals surface area contributed by atoms with E-state index in [1.54, 1.807) is 35.0 Å². The number of hydrogen-bond donors (Lipinski definition) is 0. The van der Waals surface area contributed by atoms with Crippen LogP contribution in [0.4, 0.5) is 15.8 Å². The average Bonchev–Trinajstić information content (AvgIpc) is 3.09. The van der Waals surface area contributed by atoms with Gasteiger partial charge in [0.25, 0.3) is 10.5 Å². The first kappa shape index (κ1) is 19.2. The fourth-order valence-corrected chi connectivity index (χ4v) is 3.44. The number of halogens is 1. The molecular weight excluding hydrogens is 397 g/mol. The van der Waals surface area contributed by atoms with E-state index in [4.69, 9.17) is 16.6 Å². The van der Waals surface area contributed by atoms with Crippen LogP contribution in [-0.2, 0) is 6.67 Å². The number of non-ortho nitro benzene ring substituents is 1. The molecule has 150 valence electrons. The largest absolute Gasteiger partial charge is 0.409 e. The van der Waals surface area contributed by atoms with Gasteiger partial charge < -0.3 is 9.32 Å². The van der Waals surface area contributed by atoms with Crippen LogP contribution < -0.4 is 4.90 Å². The molecule has 0 unspecified atom stereocenters. The third-order valence-corrected chi connectivity index (χ3v) is 5.14. The van der Waals surface area contributed by atoms with Crippen LogP contribution in [-0.4, -0.2) is 45.8 Å². The van der Waals surface area contributed by atoms with Gasteiger partial charge in [-0.25, -0.2) is 9.07 Å². The summed E-state index contributed by atoms with van der Waals surface area (Å²) in [5.41, 5.74) is 1.31. The molecule has 8 nitrogen and oxygen atoms in total. The summed E-state index contributed by atoms with van der Waals surface area (Å²) in [5.74, 6) is -0.245. The lowest BCUT2D eigenvalue weighted by molar-refractivity contribution is -0.384. The maximum Gasteiger partial charge on any atom is 0.288 e. The predicted octanol–water partition coefficient (Wildman–Crippen LogP) is 3.70. The Balaban J connectivity index is 1.39. The molecule has 1 aliphatic rings. The summed E-state index contributed by atoms with van der Waals surface area (Å²) in [6, 6.07) is 12.8. The molecule has 0 spiro atoms. The SMILES string of the molecule is O=[N+]([O-])c1ccc(N2CCN(Cn3nc(-c4ccccc4F)oc3=S)CC2)cc1. The van der Waals surface area contributed by atoms with Gasteiger partial charge in [0.05, 0.1) is 17.2 Å². The minimum Gasteiger partial charge on any atom is -0.409 e. The Kier molecular flexibility index (Phi) is 5.36. The number of rotatable bonds is 5. The molecule has 0 aliphatic carbocycles. The standard InChI is InChI=1S/C19H18FN5O3S/c20-17-4-2-1-3-16(17)18-21-24(19(29)28-18)13-22-9-11-23(12-10-22)14-5-7-15(8-6-14)25(26)27/h1-8H,9-13H2. The second-order valence-corrected chi connectivity index (χ2v) is 7.02. The summed E-state index contributed by atoms with van der Waals surface area (Å²) in [6.45, 7) is 3.51. The molecule has 3 aromatic rings. The van der Waals surface area contributed by atoms with Crippen molar-refractivity contribution < 1.29 is 13.7 Å². The lowest BCUT2D eigenvalue weighted by Gasteiger charge is -2.35. The maximum atomic E-state index is 14.0. The fraction of sp³-hybridized carbons (Fsp3) is 0.263. The lowest BCUT2D eigenvalue weighted by atomic mass is 10.2. The van der Waals surface area contributed by atoms with Crippen molar-refractivity contribution in [3.8, 4) is 11.5 Å². The molecule has 0 amide bonds. The van der Waals surface area contributed by atoms with E-state index < -0.39 is 10.7 Å². The topological polar surface area (TPSA) is 80.6 Å². The number of piperazine rings is 1. The Morgan fingerprint density at radius 3 is 2.45 bits per heavy atom. The number of hydrogen-bond acceptors (Lipinski definition) is 7. The molecule has 1 aromatic heterocycles. The van der Waals surface area contributed by atoms with E-state index >= 15 is 0 Å². The summed E-state index contributed by atoms with van der Waals surface area (Å²) in [7, 11) is 0. The normalized spacial score (nSPS) is 14.9. The zero-order chi connectivity index (χ0) is 20.4. The van der Waals surface area contributed by atoms with Gasteiger partial charge in [-0.05, 0) is 36.5 Å². The molecule has 10 heteroatoms. The Morgan fingerprint density at radius 1 is 1.10 bits per heavy atom. The van der Waals surface area contributed by atoms with Gasteiger partial charge >= 0.3 is 0 Å². The smallest absolute Gasteiger partial charge is 0.288 e. The Labute approximate surface area is 170 Å². The minimum atomic E-state index is -0.410. The highest BCUT2D eigenvalue weighted by molar-refractivity contribution is 7.71. The van der Waals surface area contributed by atoms with Crippen molar-refractivity contribution in [1.82, 2.24) is 14.7 Å². The van der Waals surface area contributed by atoms with Crippen molar-refractivity contribution in [3.63, 3.8) is 0 Å². The number of anilines is 1. The van der Waals surface area contributed by atoms with E-state index in [2.05, 4.69) is 14.9 Å². The second kappa shape index (κ2) is 8.10. The highest BCUT2D eigenvalue weighted by Crippen LogP contribution is 2.22. The molecule has 0 bridgehead atoms. The van der Waals surface area contributed by atoms with Gasteiger partial charge in [-0.15, -0.1) is 5.10 Å². The predicted molar refractivity (Wildman–Crippen MR) is 108 cm³/mol. The van der Waals surface area contributed by atoms with E-state index in [1.165, 1.54) is 18.2 Å². The van der Waals surface area contributed by atoms with Crippen LogP contribution in [0.5, 0.6) is 0 Å². The molecule has 0 radical (unpaired) electrons. The molecule has 1 aliphatic heterocycles. The molecule has 0 saturated carbocycles. The molecule has 2 aromatic carbocycles. The Bertz CT molecular complexity index is 1070. The molecule has 4 rings (SSSR count). The molecule has 1 fully saturated rings. The second-order valence-electron chi connectivity index (χ2n) is 6.67. The number of nitro groups is 1. The van der Waals surface area contributed by atoms with Crippen LogP contribution in [0.3, 0.4) is 0 Å². The lowest BCUT2D eigenvalue weighted by Crippen LogP contribution is -2.46. The van der Waals surface area contributed by atoms with Gasteiger partial charge in [-0.1, -0.05) is 12.1 Å². The van der Waals surface area contributed by atoms with E-state index in [0.717, 1.165) is 31.9 Å². The number of aromatic nitrogens is 2.